The summed E-state index contributed by atoms with van der Waals surface area (Å²) in [7, 11) is 0. The number of carbonyl (C=O) groups is 1. The average molecular weight is 262 g/mol. The van der Waals surface area contributed by atoms with Crippen molar-refractivity contribution >= 4 is 11.7 Å². The summed E-state index contributed by atoms with van der Waals surface area (Å²) in [4.78, 5) is 14.9. The van der Waals surface area contributed by atoms with Crippen LogP contribution in [0.25, 0.3) is 0 Å². The molecule has 1 saturated carbocycles. The van der Waals surface area contributed by atoms with Crippen molar-refractivity contribution in [3.05, 3.63) is 24.0 Å². The van der Waals surface area contributed by atoms with Crippen molar-refractivity contribution in [2.75, 3.05) is 11.9 Å². The van der Waals surface area contributed by atoms with Gasteiger partial charge in [-0.2, -0.15) is 0 Å². The zero-order valence-electron chi connectivity index (χ0n) is 11.4. The first-order valence-electron chi connectivity index (χ1n) is 7.08. The molecular weight excluding hydrogens is 240 g/mol. The van der Waals surface area contributed by atoms with Gasteiger partial charge in [-0.3, -0.25) is 4.98 Å². The summed E-state index contributed by atoms with van der Waals surface area (Å²) in [5.41, 5.74) is 0.922. The van der Waals surface area contributed by atoms with E-state index in [1.165, 1.54) is 31.9 Å². The van der Waals surface area contributed by atoms with Crippen molar-refractivity contribution in [3.63, 3.8) is 0 Å². The fourth-order valence-corrected chi connectivity index (χ4v) is 2.95. The number of hydrogen-bond acceptors (Lipinski definition) is 3. The lowest BCUT2D eigenvalue weighted by atomic mass is 9.81. The van der Waals surface area contributed by atoms with Crippen LogP contribution >= 0.6 is 0 Å². The Labute approximate surface area is 114 Å². The molecule has 2 atom stereocenters. The van der Waals surface area contributed by atoms with E-state index in [1.807, 2.05) is 0 Å². The van der Waals surface area contributed by atoms with E-state index in [0.717, 1.165) is 24.8 Å². The van der Waals surface area contributed by atoms with Gasteiger partial charge in [0.15, 0.2) is 0 Å². The summed E-state index contributed by atoms with van der Waals surface area (Å²) in [5, 5.41) is 12.3. The van der Waals surface area contributed by atoms with Crippen molar-refractivity contribution in [3.8, 4) is 0 Å². The summed E-state index contributed by atoms with van der Waals surface area (Å²) >= 11 is 0. The second-order valence-corrected chi connectivity index (χ2v) is 5.58. The van der Waals surface area contributed by atoms with Gasteiger partial charge >= 0.3 is 5.97 Å². The van der Waals surface area contributed by atoms with E-state index in [9.17, 15) is 4.79 Å². The number of hydrogen-bond donors (Lipinski definition) is 2. The van der Waals surface area contributed by atoms with Gasteiger partial charge in [0.25, 0.3) is 0 Å². The number of carboxylic acids is 1. The Morgan fingerprint density at radius 3 is 3.11 bits per heavy atom. The Bertz CT molecular complexity index is 434. The molecule has 2 unspecified atom stereocenters. The molecule has 0 amide bonds. The van der Waals surface area contributed by atoms with Gasteiger partial charge in [-0.05, 0) is 30.7 Å². The highest BCUT2D eigenvalue weighted by Gasteiger charge is 2.18. The molecule has 0 aromatic carbocycles. The summed E-state index contributed by atoms with van der Waals surface area (Å²) in [6, 6.07) is 1.73. The van der Waals surface area contributed by atoms with E-state index in [4.69, 9.17) is 5.11 Å². The Hall–Kier alpha value is -1.58. The van der Waals surface area contributed by atoms with Gasteiger partial charge in [-0.25, -0.2) is 4.79 Å². The molecule has 1 aliphatic rings. The van der Waals surface area contributed by atoms with E-state index in [2.05, 4.69) is 17.2 Å². The normalized spacial score (nSPS) is 23.0. The molecule has 0 saturated heterocycles. The van der Waals surface area contributed by atoms with Gasteiger partial charge < -0.3 is 10.4 Å². The SMILES string of the molecule is CC1CCCC(CCNc2ccncc2C(=O)O)C1. The van der Waals surface area contributed by atoms with Crippen LogP contribution in [0.2, 0.25) is 0 Å². The largest absolute Gasteiger partial charge is 0.478 e. The van der Waals surface area contributed by atoms with Crippen LogP contribution < -0.4 is 5.32 Å². The van der Waals surface area contributed by atoms with Gasteiger partial charge in [-0.15, -0.1) is 0 Å². The second-order valence-electron chi connectivity index (χ2n) is 5.58. The molecule has 1 heterocycles. The molecule has 4 heteroatoms. The predicted molar refractivity (Wildman–Crippen MR) is 75.4 cm³/mol. The van der Waals surface area contributed by atoms with Crippen LogP contribution in [0.4, 0.5) is 5.69 Å². The highest BCUT2D eigenvalue weighted by molar-refractivity contribution is 5.93. The quantitative estimate of drug-likeness (QED) is 0.853. The van der Waals surface area contributed by atoms with Crippen LogP contribution in [0.3, 0.4) is 0 Å². The molecule has 0 aliphatic heterocycles. The number of aromatic nitrogens is 1. The minimum absolute atomic E-state index is 0.250. The molecular formula is C15H22N2O2. The number of pyridine rings is 1. The average Bonchev–Trinajstić information content (AvgIpc) is 2.39. The van der Waals surface area contributed by atoms with Crippen molar-refractivity contribution in [1.29, 1.82) is 0 Å². The zero-order valence-corrected chi connectivity index (χ0v) is 11.4. The van der Waals surface area contributed by atoms with Crippen molar-refractivity contribution < 1.29 is 9.90 Å². The van der Waals surface area contributed by atoms with E-state index >= 15 is 0 Å². The molecule has 1 aromatic heterocycles. The van der Waals surface area contributed by atoms with Crippen molar-refractivity contribution in [2.45, 2.75) is 39.0 Å². The Kier molecular flexibility index (Phi) is 4.77. The molecule has 1 fully saturated rings. The summed E-state index contributed by atoms with van der Waals surface area (Å²) in [5.74, 6) is 0.697. The Morgan fingerprint density at radius 1 is 1.53 bits per heavy atom. The van der Waals surface area contributed by atoms with E-state index in [1.54, 1.807) is 12.3 Å². The molecule has 0 bridgehead atoms. The number of rotatable bonds is 5. The van der Waals surface area contributed by atoms with Gasteiger partial charge in [0.05, 0.1) is 5.69 Å². The molecule has 0 spiro atoms. The van der Waals surface area contributed by atoms with E-state index in [0.29, 0.717) is 5.69 Å². The summed E-state index contributed by atoms with van der Waals surface area (Å²) < 4.78 is 0. The van der Waals surface area contributed by atoms with Crippen LogP contribution in [0, 0.1) is 11.8 Å². The molecule has 0 radical (unpaired) electrons. The molecule has 4 nitrogen and oxygen atoms in total. The number of nitrogens with zero attached hydrogens (tertiary/aromatic N) is 1. The van der Waals surface area contributed by atoms with Crippen LogP contribution in [-0.2, 0) is 0 Å². The molecule has 1 aliphatic carbocycles. The molecule has 104 valence electrons. The van der Waals surface area contributed by atoms with Crippen LogP contribution in [0.1, 0.15) is 49.4 Å². The number of aromatic carboxylic acids is 1. The summed E-state index contributed by atoms with van der Waals surface area (Å²) in [6.07, 6.45) is 9.45. The van der Waals surface area contributed by atoms with Gasteiger partial charge in [0.2, 0.25) is 0 Å². The lowest BCUT2D eigenvalue weighted by Crippen LogP contribution is -2.17. The molecule has 2 rings (SSSR count). The predicted octanol–water partition coefficient (Wildman–Crippen LogP) is 3.41. The molecule has 19 heavy (non-hydrogen) atoms. The van der Waals surface area contributed by atoms with Crippen molar-refractivity contribution in [1.82, 2.24) is 4.98 Å². The highest BCUT2D eigenvalue weighted by atomic mass is 16.4. The number of nitrogens with one attached hydrogen (secondary N) is 1. The number of carboxylic acid groups (broad SMARTS) is 1. The minimum atomic E-state index is -0.929. The zero-order chi connectivity index (χ0) is 13.7. The minimum Gasteiger partial charge on any atom is -0.478 e. The topological polar surface area (TPSA) is 62.2 Å². The lowest BCUT2D eigenvalue weighted by Gasteiger charge is -2.26. The third-order valence-electron chi connectivity index (χ3n) is 3.96. The van der Waals surface area contributed by atoms with Crippen molar-refractivity contribution in [2.24, 2.45) is 11.8 Å². The lowest BCUT2D eigenvalue weighted by molar-refractivity contribution is 0.0697. The Morgan fingerprint density at radius 2 is 2.37 bits per heavy atom. The fourth-order valence-electron chi connectivity index (χ4n) is 2.95. The maximum atomic E-state index is 11.0. The summed E-state index contributed by atoms with van der Waals surface area (Å²) in [6.45, 7) is 3.16. The van der Waals surface area contributed by atoms with Gasteiger partial charge in [0.1, 0.15) is 5.56 Å². The first kappa shape index (κ1) is 13.8. The number of anilines is 1. The monoisotopic (exact) mass is 262 g/mol. The smallest absolute Gasteiger partial charge is 0.339 e. The van der Waals surface area contributed by atoms with Crippen LogP contribution in [-0.4, -0.2) is 22.6 Å². The Balaban J connectivity index is 1.84. The third kappa shape index (κ3) is 3.94. The second kappa shape index (κ2) is 6.55. The fraction of sp³-hybridized carbons (Fsp3) is 0.600. The first-order chi connectivity index (χ1) is 9.16. The standard InChI is InChI=1S/C15H22N2O2/c1-11-3-2-4-12(9-11)5-8-17-14-6-7-16-10-13(14)15(18)19/h6-7,10-12H,2-5,8-9H2,1H3,(H,16,17)(H,18,19). The molecule has 1 aromatic rings. The highest BCUT2D eigenvalue weighted by Crippen LogP contribution is 2.30. The van der Waals surface area contributed by atoms with Gasteiger partial charge in [0, 0.05) is 18.9 Å². The van der Waals surface area contributed by atoms with E-state index < -0.39 is 5.97 Å². The van der Waals surface area contributed by atoms with Crippen LogP contribution in [0.5, 0.6) is 0 Å². The first-order valence-corrected chi connectivity index (χ1v) is 7.08. The third-order valence-corrected chi connectivity index (χ3v) is 3.96. The maximum absolute atomic E-state index is 11.0. The maximum Gasteiger partial charge on any atom is 0.339 e. The van der Waals surface area contributed by atoms with Gasteiger partial charge in [-0.1, -0.05) is 26.2 Å². The molecule has 2 N–H and O–H groups in total. The van der Waals surface area contributed by atoms with E-state index in [-0.39, 0.29) is 5.56 Å². The van der Waals surface area contributed by atoms with Crippen LogP contribution in [0.15, 0.2) is 18.5 Å².